The van der Waals surface area contributed by atoms with Gasteiger partial charge in [0.25, 0.3) is 6.29 Å². The van der Waals surface area contributed by atoms with Gasteiger partial charge < -0.3 is 19.3 Å². The van der Waals surface area contributed by atoms with Gasteiger partial charge >= 0.3 is 19.8 Å². The fourth-order valence-electron chi connectivity index (χ4n) is 3.40. The minimum absolute atomic E-state index is 0.0322. The molecule has 3 atom stereocenters. The van der Waals surface area contributed by atoms with E-state index in [9.17, 15) is 19.3 Å². The Morgan fingerprint density at radius 1 is 1.09 bits per heavy atom. The molecule has 0 amide bonds. The molecule has 1 aliphatic rings. The van der Waals surface area contributed by atoms with Crippen LogP contribution in [0.4, 0.5) is 0 Å². The molecule has 2 rings (SSSR count). The largest absolute Gasteiger partial charge is 0.481 e. The van der Waals surface area contributed by atoms with E-state index in [1.54, 1.807) is 13.8 Å². The Balaban J connectivity index is 2.19. The minimum atomic E-state index is -4.59. The lowest BCUT2D eigenvalue weighted by molar-refractivity contribution is -0.174. The van der Waals surface area contributed by atoms with E-state index in [0.29, 0.717) is 11.7 Å². The Morgan fingerprint density at radius 3 is 2.32 bits per heavy atom. The Morgan fingerprint density at radius 2 is 1.76 bits per heavy atom. The molecule has 192 valence electrons. The summed E-state index contributed by atoms with van der Waals surface area (Å²) in [5.74, 6) is -0.726. The summed E-state index contributed by atoms with van der Waals surface area (Å²) in [6.07, 6.45) is 0.384. The first-order valence-electron chi connectivity index (χ1n) is 11.4. The van der Waals surface area contributed by atoms with Crippen LogP contribution in [0.5, 0.6) is 5.75 Å². The Bertz CT molecular complexity index is 867. The van der Waals surface area contributed by atoms with Gasteiger partial charge in [0.05, 0.1) is 6.61 Å². The number of ether oxygens (including phenoxy) is 3. The molecule has 0 aliphatic heterocycles. The molecular formula is C23H35O10P. The molecule has 0 bridgehead atoms. The second-order valence-electron chi connectivity index (χ2n) is 8.19. The zero-order chi connectivity index (χ0) is 25.3. The van der Waals surface area contributed by atoms with Crippen LogP contribution in [0, 0.1) is 5.92 Å². The van der Waals surface area contributed by atoms with Crippen molar-refractivity contribution in [2.45, 2.75) is 65.6 Å². The fraction of sp³-hybridized carbons (Fsp3) is 0.652. The second-order valence-corrected chi connectivity index (χ2v) is 9.82. The number of carboxylic acid groups (broad SMARTS) is 1. The summed E-state index contributed by atoms with van der Waals surface area (Å²) < 4.78 is 44.1. The number of aliphatic carboxylic acids is 1. The molecule has 0 heterocycles. The van der Waals surface area contributed by atoms with Crippen molar-refractivity contribution in [1.82, 2.24) is 0 Å². The Kier molecular flexibility index (Phi) is 11.0. The quantitative estimate of drug-likeness (QED) is 0.191. The first-order valence-corrected chi connectivity index (χ1v) is 12.9. The standard InChI is InChI=1S/C23H35O10P/c1-6-28-20(24)13-31-34(27,33-23(22(25)26)29-7-2)32-14-30-21-18(15(3)4)9-8-10-19(21)16(5)17-11-12-17/h8-10,15-17,23H,6-7,11-14H2,1-5H3,(H,25,26)/t16-,23?,34?/m1/s1. The lowest BCUT2D eigenvalue weighted by Crippen LogP contribution is -2.27. The zero-order valence-electron chi connectivity index (χ0n) is 20.4. The summed E-state index contributed by atoms with van der Waals surface area (Å²) in [6, 6.07) is 5.92. The maximum Gasteiger partial charge on any atom is 0.481 e. The third kappa shape index (κ3) is 8.36. The van der Waals surface area contributed by atoms with Crippen LogP contribution in [0.1, 0.15) is 70.4 Å². The predicted molar refractivity (Wildman–Crippen MR) is 123 cm³/mol. The van der Waals surface area contributed by atoms with E-state index >= 15 is 0 Å². The summed E-state index contributed by atoms with van der Waals surface area (Å²) in [4.78, 5) is 23.1. The summed E-state index contributed by atoms with van der Waals surface area (Å²) in [5.41, 5.74) is 1.97. The topological polar surface area (TPSA) is 127 Å². The molecule has 10 nitrogen and oxygen atoms in total. The number of rotatable bonds is 16. The van der Waals surface area contributed by atoms with Gasteiger partial charge in [0.2, 0.25) is 0 Å². The number of hydrogen-bond donors (Lipinski definition) is 1. The van der Waals surface area contributed by atoms with Crippen LogP contribution < -0.4 is 4.74 Å². The molecule has 1 aromatic rings. The van der Waals surface area contributed by atoms with Crippen LogP contribution in [0.25, 0.3) is 0 Å². The van der Waals surface area contributed by atoms with Crippen LogP contribution in [0.15, 0.2) is 18.2 Å². The van der Waals surface area contributed by atoms with E-state index in [-0.39, 0.29) is 25.0 Å². The summed E-state index contributed by atoms with van der Waals surface area (Å²) >= 11 is 0. The molecule has 1 saturated carbocycles. The second kappa shape index (κ2) is 13.2. The first kappa shape index (κ1) is 28.3. The van der Waals surface area contributed by atoms with E-state index in [2.05, 4.69) is 6.92 Å². The van der Waals surface area contributed by atoms with Crippen molar-refractivity contribution in [2.75, 3.05) is 26.6 Å². The normalized spacial score (nSPS) is 17.1. The highest BCUT2D eigenvalue weighted by molar-refractivity contribution is 7.48. The number of hydrogen-bond acceptors (Lipinski definition) is 9. The monoisotopic (exact) mass is 502 g/mol. The number of benzene rings is 1. The van der Waals surface area contributed by atoms with Gasteiger partial charge in [0.1, 0.15) is 5.75 Å². The minimum Gasteiger partial charge on any atom is -0.477 e. The van der Waals surface area contributed by atoms with Crippen molar-refractivity contribution in [3.63, 3.8) is 0 Å². The van der Waals surface area contributed by atoms with Gasteiger partial charge in [0, 0.05) is 6.61 Å². The van der Waals surface area contributed by atoms with Crippen LogP contribution >= 0.6 is 7.82 Å². The van der Waals surface area contributed by atoms with Gasteiger partial charge in [-0.3, -0.25) is 4.52 Å². The van der Waals surface area contributed by atoms with Crippen molar-refractivity contribution < 1.29 is 47.0 Å². The number of para-hydroxylation sites is 1. The molecule has 1 N–H and O–H groups in total. The molecule has 1 fully saturated rings. The molecule has 0 aromatic heterocycles. The first-order chi connectivity index (χ1) is 16.1. The number of carboxylic acids is 1. The number of phosphoric ester groups is 1. The number of esters is 1. The highest BCUT2D eigenvalue weighted by Gasteiger charge is 2.37. The van der Waals surface area contributed by atoms with Gasteiger partial charge in [-0.05, 0) is 55.6 Å². The Labute approximate surface area is 200 Å². The van der Waals surface area contributed by atoms with E-state index in [4.69, 9.17) is 27.8 Å². The van der Waals surface area contributed by atoms with E-state index in [1.807, 2.05) is 32.0 Å². The van der Waals surface area contributed by atoms with Crippen LogP contribution in [0.2, 0.25) is 0 Å². The third-order valence-electron chi connectivity index (χ3n) is 5.32. The van der Waals surface area contributed by atoms with E-state index in [0.717, 1.165) is 24.0 Å². The molecule has 11 heteroatoms. The van der Waals surface area contributed by atoms with Crippen molar-refractivity contribution in [2.24, 2.45) is 5.92 Å². The molecule has 1 aliphatic carbocycles. The average Bonchev–Trinajstić information content (AvgIpc) is 3.63. The van der Waals surface area contributed by atoms with Crippen LogP contribution in [-0.2, 0) is 37.2 Å². The molecule has 0 radical (unpaired) electrons. The predicted octanol–water partition coefficient (Wildman–Crippen LogP) is 4.83. The molecule has 1 aromatic carbocycles. The zero-order valence-corrected chi connectivity index (χ0v) is 21.2. The summed E-state index contributed by atoms with van der Waals surface area (Å²) in [7, 11) is -4.59. The number of phosphoric acid groups is 1. The Hall–Kier alpha value is -1.97. The molecule has 0 spiro atoms. The smallest absolute Gasteiger partial charge is 0.477 e. The van der Waals surface area contributed by atoms with Gasteiger partial charge in [-0.1, -0.05) is 39.0 Å². The molecule has 34 heavy (non-hydrogen) atoms. The van der Waals surface area contributed by atoms with Crippen molar-refractivity contribution in [1.29, 1.82) is 0 Å². The van der Waals surface area contributed by atoms with Gasteiger partial charge in [0.15, 0.2) is 13.4 Å². The summed E-state index contributed by atoms with van der Waals surface area (Å²) in [5, 5.41) is 9.28. The lowest BCUT2D eigenvalue weighted by Gasteiger charge is -2.24. The van der Waals surface area contributed by atoms with Gasteiger partial charge in [-0.25, -0.2) is 23.2 Å². The van der Waals surface area contributed by atoms with Crippen molar-refractivity contribution in [3.05, 3.63) is 29.3 Å². The SMILES string of the molecule is CCOC(=O)COP(=O)(OCOc1c(C(C)C)cccc1[C@H](C)C1CC1)OC(OCC)C(=O)O. The molecular weight excluding hydrogens is 467 g/mol. The van der Waals surface area contributed by atoms with Crippen LogP contribution in [0.3, 0.4) is 0 Å². The maximum atomic E-state index is 13.2. The van der Waals surface area contributed by atoms with Crippen molar-refractivity contribution in [3.8, 4) is 5.75 Å². The van der Waals surface area contributed by atoms with Crippen molar-refractivity contribution >= 4 is 19.8 Å². The molecule has 2 unspecified atom stereocenters. The highest BCUT2D eigenvalue weighted by atomic mass is 31.2. The maximum absolute atomic E-state index is 13.2. The average molecular weight is 502 g/mol. The van der Waals surface area contributed by atoms with Gasteiger partial charge in [-0.15, -0.1) is 0 Å². The highest BCUT2D eigenvalue weighted by Crippen LogP contribution is 2.51. The van der Waals surface area contributed by atoms with E-state index in [1.165, 1.54) is 0 Å². The molecule has 0 saturated heterocycles. The fourth-order valence-corrected chi connectivity index (χ4v) is 4.43. The third-order valence-corrected chi connectivity index (χ3v) is 6.64. The van der Waals surface area contributed by atoms with Gasteiger partial charge in [-0.2, -0.15) is 0 Å². The number of carbonyl (C=O) groups is 2. The lowest BCUT2D eigenvalue weighted by atomic mass is 9.90. The number of carbonyl (C=O) groups excluding carboxylic acids is 1. The van der Waals surface area contributed by atoms with E-state index < -0.39 is 39.5 Å². The van der Waals surface area contributed by atoms with Crippen LogP contribution in [-0.4, -0.2) is 49.9 Å². The summed E-state index contributed by atoms with van der Waals surface area (Å²) in [6.45, 7) is 8.07.